The van der Waals surface area contributed by atoms with Crippen LogP contribution in [-0.2, 0) is 0 Å². The average molecular weight is 252 g/mol. The molecular weight excluding hydrogens is 228 g/mol. The molecule has 2 atom stereocenters. The average Bonchev–Trinajstić information content (AvgIpc) is 2.38. The van der Waals surface area contributed by atoms with Gasteiger partial charge in [0.1, 0.15) is 0 Å². The third kappa shape index (κ3) is 4.29. The number of benzene rings is 1. The summed E-state index contributed by atoms with van der Waals surface area (Å²) < 4.78 is 0. The summed E-state index contributed by atoms with van der Waals surface area (Å²) in [7, 11) is 3.98. The molecule has 102 valence electrons. The number of hydrogen-bond acceptors (Lipinski definition) is 4. The Hall–Kier alpha value is -1.10. The normalized spacial score (nSPS) is 14.3. The number of aliphatic hydroxyl groups is 2. The van der Waals surface area contributed by atoms with Gasteiger partial charge < -0.3 is 20.4 Å². The van der Waals surface area contributed by atoms with Crippen LogP contribution in [0.2, 0.25) is 0 Å². The van der Waals surface area contributed by atoms with E-state index in [-0.39, 0.29) is 12.6 Å². The summed E-state index contributed by atoms with van der Waals surface area (Å²) in [6.07, 6.45) is 0.177. The van der Waals surface area contributed by atoms with Gasteiger partial charge in [-0.2, -0.15) is 0 Å². The van der Waals surface area contributed by atoms with E-state index in [9.17, 15) is 5.11 Å². The topological polar surface area (TPSA) is 55.7 Å². The Morgan fingerprint density at radius 3 is 2.33 bits per heavy atom. The Bertz CT molecular complexity index is 338. The first kappa shape index (κ1) is 15.0. The quantitative estimate of drug-likeness (QED) is 0.637. The highest BCUT2D eigenvalue weighted by Gasteiger charge is 2.15. The predicted octanol–water partition coefficient (Wildman–Crippen LogP) is 1.15. The van der Waals surface area contributed by atoms with Crippen molar-refractivity contribution >= 4 is 5.69 Å². The summed E-state index contributed by atoms with van der Waals surface area (Å²) >= 11 is 0. The summed E-state index contributed by atoms with van der Waals surface area (Å²) in [4.78, 5) is 2.03. The zero-order valence-corrected chi connectivity index (χ0v) is 11.4. The molecule has 0 saturated heterocycles. The van der Waals surface area contributed by atoms with Crippen LogP contribution in [0.15, 0.2) is 24.3 Å². The molecule has 18 heavy (non-hydrogen) atoms. The Labute approximate surface area is 109 Å². The highest BCUT2D eigenvalue weighted by Crippen LogP contribution is 2.20. The van der Waals surface area contributed by atoms with Gasteiger partial charge in [-0.15, -0.1) is 0 Å². The fourth-order valence-corrected chi connectivity index (χ4v) is 1.78. The minimum Gasteiger partial charge on any atom is -0.396 e. The van der Waals surface area contributed by atoms with Gasteiger partial charge in [0.15, 0.2) is 0 Å². The van der Waals surface area contributed by atoms with E-state index in [1.54, 1.807) is 0 Å². The van der Waals surface area contributed by atoms with Crippen molar-refractivity contribution in [3.63, 3.8) is 0 Å². The molecule has 0 fully saturated rings. The van der Waals surface area contributed by atoms with E-state index in [0.29, 0.717) is 13.0 Å². The Kier molecular flexibility index (Phi) is 6.12. The molecule has 0 aliphatic heterocycles. The number of rotatable bonds is 7. The van der Waals surface area contributed by atoms with E-state index in [1.807, 2.05) is 50.2 Å². The summed E-state index contributed by atoms with van der Waals surface area (Å²) in [5, 5.41) is 22.1. The molecule has 1 rings (SSSR count). The van der Waals surface area contributed by atoms with Crippen molar-refractivity contribution in [1.82, 2.24) is 5.32 Å². The lowest BCUT2D eigenvalue weighted by atomic mass is 10.0. The van der Waals surface area contributed by atoms with E-state index in [2.05, 4.69) is 5.32 Å². The van der Waals surface area contributed by atoms with Crippen LogP contribution in [0, 0.1) is 0 Å². The molecule has 0 radical (unpaired) electrons. The van der Waals surface area contributed by atoms with Crippen LogP contribution in [0.5, 0.6) is 0 Å². The maximum absolute atomic E-state index is 10.2. The summed E-state index contributed by atoms with van der Waals surface area (Å²) in [6.45, 7) is 2.83. The third-order valence-corrected chi connectivity index (χ3v) is 3.03. The van der Waals surface area contributed by atoms with Crippen LogP contribution in [0.4, 0.5) is 5.69 Å². The lowest BCUT2D eigenvalue weighted by Gasteiger charge is -2.21. The lowest BCUT2D eigenvalue weighted by molar-refractivity contribution is 0.134. The molecule has 0 amide bonds. The maximum Gasteiger partial charge on any atom is 0.0940 e. The third-order valence-electron chi connectivity index (χ3n) is 3.03. The van der Waals surface area contributed by atoms with Crippen LogP contribution >= 0.6 is 0 Å². The van der Waals surface area contributed by atoms with Gasteiger partial charge in [0.05, 0.1) is 6.10 Å². The molecule has 0 aromatic heterocycles. The lowest BCUT2D eigenvalue weighted by Crippen LogP contribution is -2.33. The Morgan fingerprint density at radius 2 is 1.83 bits per heavy atom. The van der Waals surface area contributed by atoms with Gasteiger partial charge in [0, 0.05) is 32.4 Å². The van der Waals surface area contributed by atoms with E-state index in [4.69, 9.17) is 5.11 Å². The Morgan fingerprint density at radius 1 is 1.22 bits per heavy atom. The molecule has 0 spiro atoms. The largest absolute Gasteiger partial charge is 0.396 e. The van der Waals surface area contributed by atoms with Crippen molar-refractivity contribution in [2.75, 3.05) is 32.1 Å². The summed E-state index contributed by atoms with van der Waals surface area (Å²) in [5.74, 6) is 0. The molecule has 0 aliphatic rings. The zero-order chi connectivity index (χ0) is 13.5. The first-order valence-corrected chi connectivity index (χ1v) is 6.36. The number of nitrogens with zero attached hydrogens (tertiary/aromatic N) is 1. The predicted molar refractivity (Wildman–Crippen MR) is 74.9 cm³/mol. The molecular formula is C14H24N2O2. The highest BCUT2D eigenvalue weighted by atomic mass is 16.3. The van der Waals surface area contributed by atoms with Crippen LogP contribution in [0.1, 0.15) is 25.0 Å². The van der Waals surface area contributed by atoms with Gasteiger partial charge >= 0.3 is 0 Å². The Balaban J connectivity index is 2.57. The van der Waals surface area contributed by atoms with Crippen molar-refractivity contribution in [3.8, 4) is 0 Å². The van der Waals surface area contributed by atoms with E-state index in [0.717, 1.165) is 11.3 Å². The standard InChI is InChI=1S/C14H24N2O2/c1-11(15-9-4-10-17)14(18)12-5-7-13(8-6-12)16(2)3/h5-8,11,14-15,17-18H,4,9-10H2,1-3H3. The van der Waals surface area contributed by atoms with Gasteiger partial charge in [0.25, 0.3) is 0 Å². The first-order valence-electron chi connectivity index (χ1n) is 6.36. The van der Waals surface area contributed by atoms with Gasteiger partial charge in [-0.1, -0.05) is 12.1 Å². The maximum atomic E-state index is 10.2. The van der Waals surface area contributed by atoms with Crippen LogP contribution in [0.25, 0.3) is 0 Å². The molecule has 2 unspecified atom stereocenters. The van der Waals surface area contributed by atoms with Gasteiger partial charge in [0.2, 0.25) is 0 Å². The van der Waals surface area contributed by atoms with Crippen LogP contribution in [-0.4, -0.2) is 43.5 Å². The van der Waals surface area contributed by atoms with Crippen molar-refractivity contribution in [1.29, 1.82) is 0 Å². The molecule has 1 aromatic carbocycles. The molecule has 4 nitrogen and oxygen atoms in total. The van der Waals surface area contributed by atoms with Crippen molar-refractivity contribution in [3.05, 3.63) is 29.8 Å². The number of hydrogen-bond donors (Lipinski definition) is 3. The van der Waals surface area contributed by atoms with Crippen LogP contribution in [0.3, 0.4) is 0 Å². The minimum absolute atomic E-state index is 0.0262. The number of aliphatic hydroxyl groups excluding tert-OH is 2. The van der Waals surface area contributed by atoms with Crippen molar-refractivity contribution < 1.29 is 10.2 Å². The molecule has 0 aliphatic carbocycles. The second kappa shape index (κ2) is 7.36. The number of nitrogens with one attached hydrogen (secondary N) is 1. The van der Waals surface area contributed by atoms with E-state index in [1.165, 1.54) is 0 Å². The fraction of sp³-hybridized carbons (Fsp3) is 0.571. The van der Waals surface area contributed by atoms with E-state index < -0.39 is 6.10 Å². The zero-order valence-electron chi connectivity index (χ0n) is 11.4. The fourth-order valence-electron chi connectivity index (χ4n) is 1.78. The SMILES string of the molecule is CC(NCCCO)C(O)c1ccc(N(C)C)cc1. The molecule has 3 N–H and O–H groups in total. The molecule has 1 aromatic rings. The summed E-state index contributed by atoms with van der Waals surface area (Å²) in [6, 6.07) is 7.87. The van der Waals surface area contributed by atoms with Gasteiger partial charge in [-0.3, -0.25) is 0 Å². The number of anilines is 1. The highest BCUT2D eigenvalue weighted by molar-refractivity contribution is 5.46. The van der Waals surface area contributed by atoms with Gasteiger partial charge in [-0.25, -0.2) is 0 Å². The first-order chi connectivity index (χ1) is 8.56. The molecule has 0 heterocycles. The minimum atomic E-state index is -0.528. The molecule has 0 saturated carbocycles. The van der Waals surface area contributed by atoms with Crippen LogP contribution < -0.4 is 10.2 Å². The second-order valence-corrected chi connectivity index (χ2v) is 4.75. The van der Waals surface area contributed by atoms with E-state index >= 15 is 0 Å². The monoisotopic (exact) mass is 252 g/mol. The molecule has 0 bridgehead atoms. The summed E-state index contributed by atoms with van der Waals surface area (Å²) in [5.41, 5.74) is 2.02. The molecule has 4 heteroatoms. The van der Waals surface area contributed by atoms with Crippen molar-refractivity contribution in [2.45, 2.75) is 25.5 Å². The smallest absolute Gasteiger partial charge is 0.0940 e. The second-order valence-electron chi connectivity index (χ2n) is 4.75. The van der Waals surface area contributed by atoms with Crippen molar-refractivity contribution in [2.24, 2.45) is 0 Å². The van der Waals surface area contributed by atoms with Gasteiger partial charge in [-0.05, 0) is 37.6 Å².